The van der Waals surface area contributed by atoms with Crippen molar-refractivity contribution in [3.8, 4) is 23.0 Å². The van der Waals surface area contributed by atoms with E-state index in [4.69, 9.17) is 18.9 Å². The van der Waals surface area contributed by atoms with Gasteiger partial charge in [0.2, 0.25) is 5.91 Å². The van der Waals surface area contributed by atoms with Gasteiger partial charge in [0, 0.05) is 37.9 Å². The van der Waals surface area contributed by atoms with Crippen molar-refractivity contribution >= 4 is 17.5 Å². The zero-order chi connectivity index (χ0) is 29.5. The van der Waals surface area contributed by atoms with Gasteiger partial charge < -0.3 is 34.1 Å². The van der Waals surface area contributed by atoms with Gasteiger partial charge in [-0.25, -0.2) is 0 Å². The minimum Gasteiger partial charge on any atom is -0.493 e. The predicted molar refractivity (Wildman–Crippen MR) is 159 cm³/mol. The Hall–Kier alpha value is -4.40. The van der Waals surface area contributed by atoms with Gasteiger partial charge >= 0.3 is 0 Å². The number of nitrogens with one attached hydrogen (secondary N) is 1. The number of anilines is 1. The molecule has 0 unspecified atom stereocenters. The van der Waals surface area contributed by atoms with Crippen LogP contribution in [0.3, 0.4) is 0 Å². The maximum absolute atomic E-state index is 14.0. The number of benzene rings is 3. The monoisotopic (exact) mass is 561 g/mol. The summed E-state index contributed by atoms with van der Waals surface area (Å²) in [5.74, 6) is 0.858. The molecule has 0 spiro atoms. The third-order valence-electron chi connectivity index (χ3n) is 7.61. The summed E-state index contributed by atoms with van der Waals surface area (Å²) in [6.45, 7) is 4.26. The first kappa shape index (κ1) is 29.6. The van der Waals surface area contributed by atoms with E-state index in [0.717, 1.165) is 30.8 Å². The molecule has 1 aliphatic heterocycles. The van der Waals surface area contributed by atoms with Gasteiger partial charge in [-0.15, -0.1) is 0 Å². The van der Waals surface area contributed by atoms with E-state index in [1.165, 1.54) is 14.2 Å². The molecule has 41 heavy (non-hydrogen) atoms. The van der Waals surface area contributed by atoms with E-state index >= 15 is 0 Å². The Balaban J connectivity index is 1.67. The maximum atomic E-state index is 14.0. The molecule has 0 fully saturated rings. The van der Waals surface area contributed by atoms with Crippen LogP contribution in [0, 0.1) is 0 Å². The fraction of sp³-hybridized carbons (Fsp3) is 0.375. The van der Waals surface area contributed by atoms with E-state index in [-0.39, 0.29) is 11.8 Å². The summed E-state index contributed by atoms with van der Waals surface area (Å²) in [6.07, 6.45) is 0.760. The molecule has 9 nitrogen and oxygen atoms in total. The standard InChI is InChI=1S/C32H39N3O6/c1-7-35(22-12-9-8-10-13-22)17-11-16-33-31(36)29-23-19-27(40-5)28(41-6)20-24(23)32(37)34(2)30(29)21-14-15-25(38-3)26(18-21)39-4/h8-10,12-15,18-20,29-30H,7,11,16-17H2,1-6H3,(H,33,36)/t29-,30+/m0/s1. The van der Waals surface area contributed by atoms with Gasteiger partial charge in [0.05, 0.1) is 40.4 Å². The van der Waals surface area contributed by atoms with Crippen LogP contribution in [0.5, 0.6) is 23.0 Å². The molecule has 0 saturated carbocycles. The summed E-state index contributed by atoms with van der Waals surface area (Å²) in [7, 11) is 7.89. The van der Waals surface area contributed by atoms with Gasteiger partial charge in [-0.2, -0.15) is 0 Å². The summed E-state index contributed by atoms with van der Waals surface area (Å²) in [5, 5.41) is 3.14. The fourth-order valence-electron chi connectivity index (χ4n) is 5.48. The first-order valence-corrected chi connectivity index (χ1v) is 13.7. The van der Waals surface area contributed by atoms with E-state index in [2.05, 4.69) is 29.3 Å². The molecule has 0 bridgehead atoms. The molecule has 2 atom stereocenters. The number of hydrogen-bond donors (Lipinski definition) is 1. The molecule has 0 aromatic heterocycles. The quantitative estimate of drug-likeness (QED) is 0.322. The van der Waals surface area contributed by atoms with E-state index in [0.29, 0.717) is 40.7 Å². The van der Waals surface area contributed by atoms with Gasteiger partial charge in [0.15, 0.2) is 23.0 Å². The fourth-order valence-corrected chi connectivity index (χ4v) is 5.48. The molecule has 1 N–H and O–H groups in total. The summed E-state index contributed by atoms with van der Waals surface area (Å²) >= 11 is 0. The molecule has 1 heterocycles. The van der Waals surface area contributed by atoms with Crippen molar-refractivity contribution < 1.29 is 28.5 Å². The number of hydrogen-bond acceptors (Lipinski definition) is 7. The molecule has 4 rings (SSSR count). The third kappa shape index (κ3) is 6.04. The molecule has 3 aromatic rings. The number of ether oxygens (including phenoxy) is 4. The number of para-hydroxylation sites is 1. The molecular formula is C32H39N3O6. The molecule has 3 aromatic carbocycles. The average Bonchev–Trinajstić information content (AvgIpc) is 3.01. The van der Waals surface area contributed by atoms with Crippen molar-refractivity contribution in [2.75, 3.05) is 60.0 Å². The molecular weight excluding hydrogens is 522 g/mol. The smallest absolute Gasteiger partial charge is 0.254 e. The zero-order valence-electron chi connectivity index (χ0n) is 24.6. The number of amides is 2. The molecule has 0 saturated heterocycles. The highest BCUT2D eigenvalue weighted by molar-refractivity contribution is 6.02. The molecule has 0 aliphatic carbocycles. The molecule has 9 heteroatoms. The van der Waals surface area contributed by atoms with Gasteiger partial charge in [-0.3, -0.25) is 9.59 Å². The summed E-state index contributed by atoms with van der Waals surface area (Å²) < 4.78 is 22.0. The van der Waals surface area contributed by atoms with Crippen molar-refractivity contribution in [1.29, 1.82) is 0 Å². The van der Waals surface area contributed by atoms with Crippen LogP contribution in [0.25, 0.3) is 0 Å². The SMILES string of the molecule is CCN(CCCNC(=O)[C@H]1c2cc(OC)c(OC)cc2C(=O)N(C)[C@@H]1c1ccc(OC)c(OC)c1)c1ccccc1. The molecule has 0 radical (unpaired) electrons. The Kier molecular flexibility index (Phi) is 9.60. The Labute approximate surface area is 241 Å². The topological polar surface area (TPSA) is 89.6 Å². The second-order valence-corrected chi connectivity index (χ2v) is 9.81. The molecule has 1 aliphatic rings. The van der Waals surface area contributed by atoms with Crippen molar-refractivity contribution in [1.82, 2.24) is 10.2 Å². The van der Waals surface area contributed by atoms with Crippen LogP contribution in [-0.4, -0.2) is 71.8 Å². The van der Waals surface area contributed by atoms with Gasteiger partial charge in [0.25, 0.3) is 5.91 Å². The van der Waals surface area contributed by atoms with E-state index in [9.17, 15) is 9.59 Å². The number of carbonyl (C=O) groups is 2. The van der Waals surface area contributed by atoms with Gasteiger partial charge in [-0.05, 0) is 60.9 Å². The predicted octanol–water partition coefficient (Wildman–Crippen LogP) is 4.66. The highest BCUT2D eigenvalue weighted by atomic mass is 16.5. The Morgan fingerprint density at radius 2 is 1.51 bits per heavy atom. The second kappa shape index (κ2) is 13.3. The second-order valence-electron chi connectivity index (χ2n) is 9.81. The number of likely N-dealkylation sites (N-methyl/N-ethyl adjacent to an activating group) is 1. The zero-order valence-corrected chi connectivity index (χ0v) is 24.6. The van der Waals surface area contributed by atoms with Crippen LogP contribution in [0.15, 0.2) is 60.7 Å². The van der Waals surface area contributed by atoms with Crippen molar-refractivity contribution in [3.05, 3.63) is 77.4 Å². The summed E-state index contributed by atoms with van der Waals surface area (Å²) in [6, 6.07) is 18.5. The van der Waals surface area contributed by atoms with Crippen LogP contribution < -0.4 is 29.2 Å². The lowest BCUT2D eigenvalue weighted by atomic mass is 9.79. The largest absolute Gasteiger partial charge is 0.493 e. The van der Waals surface area contributed by atoms with Gasteiger partial charge in [-0.1, -0.05) is 24.3 Å². The van der Waals surface area contributed by atoms with Crippen LogP contribution >= 0.6 is 0 Å². The molecule has 218 valence electrons. The summed E-state index contributed by atoms with van der Waals surface area (Å²) in [5.41, 5.74) is 2.89. The van der Waals surface area contributed by atoms with E-state index < -0.39 is 12.0 Å². The lowest BCUT2D eigenvalue weighted by molar-refractivity contribution is -0.124. The average molecular weight is 562 g/mol. The minimum absolute atomic E-state index is 0.180. The number of methoxy groups -OCH3 is 4. The highest BCUT2D eigenvalue weighted by Gasteiger charge is 2.43. The minimum atomic E-state index is -0.706. The van der Waals surface area contributed by atoms with Crippen LogP contribution in [-0.2, 0) is 4.79 Å². The number of carbonyl (C=O) groups excluding carboxylic acids is 2. The van der Waals surface area contributed by atoms with Crippen molar-refractivity contribution in [2.45, 2.75) is 25.3 Å². The number of fused-ring (bicyclic) bond motifs is 1. The Morgan fingerprint density at radius 1 is 0.878 bits per heavy atom. The van der Waals surface area contributed by atoms with Crippen molar-refractivity contribution in [2.24, 2.45) is 0 Å². The van der Waals surface area contributed by atoms with Crippen LogP contribution in [0.2, 0.25) is 0 Å². The molecule has 2 amide bonds. The van der Waals surface area contributed by atoms with E-state index in [1.807, 2.05) is 30.3 Å². The first-order chi connectivity index (χ1) is 19.9. The summed E-state index contributed by atoms with van der Waals surface area (Å²) in [4.78, 5) is 31.6. The van der Waals surface area contributed by atoms with Crippen molar-refractivity contribution in [3.63, 3.8) is 0 Å². The van der Waals surface area contributed by atoms with Crippen LogP contribution in [0.4, 0.5) is 5.69 Å². The maximum Gasteiger partial charge on any atom is 0.254 e. The normalized spacial score (nSPS) is 16.0. The van der Waals surface area contributed by atoms with Gasteiger partial charge in [0.1, 0.15) is 0 Å². The lowest BCUT2D eigenvalue weighted by Crippen LogP contribution is -2.46. The number of nitrogens with zero attached hydrogens (tertiary/aromatic N) is 2. The number of rotatable bonds is 12. The Morgan fingerprint density at radius 3 is 2.15 bits per heavy atom. The lowest BCUT2D eigenvalue weighted by Gasteiger charge is -2.40. The Bertz CT molecular complexity index is 1360. The first-order valence-electron chi connectivity index (χ1n) is 13.7. The highest BCUT2D eigenvalue weighted by Crippen LogP contribution is 2.46. The van der Waals surface area contributed by atoms with E-state index in [1.54, 1.807) is 44.4 Å². The van der Waals surface area contributed by atoms with Crippen LogP contribution in [0.1, 0.15) is 46.8 Å². The third-order valence-corrected chi connectivity index (χ3v) is 7.61.